The van der Waals surface area contributed by atoms with Gasteiger partial charge in [0.2, 0.25) is 0 Å². The molecule has 9 heteroatoms. The maximum atomic E-state index is 13.3. The molecule has 0 unspecified atom stereocenters. The highest BCUT2D eigenvalue weighted by atomic mass is 35.5. The molecule has 0 atom stereocenters. The first-order valence-electron chi connectivity index (χ1n) is 10.5. The van der Waals surface area contributed by atoms with Crippen molar-refractivity contribution in [3.8, 4) is 0 Å². The van der Waals surface area contributed by atoms with E-state index in [1.165, 1.54) is 11.3 Å². The molecular formula is C24H25Cl2N3O2S2. The number of likely N-dealkylation sites (N-methyl/N-ethyl adjacent to an activating group) is 1. The van der Waals surface area contributed by atoms with E-state index in [1.54, 1.807) is 6.07 Å². The van der Waals surface area contributed by atoms with Gasteiger partial charge in [-0.3, -0.25) is 4.72 Å². The smallest absolute Gasteiger partial charge is 0.271 e. The Labute approximate surface area is 209 Å². The second-order valence-corrected chi connectivity index (χ2v) is 11.6. The summed E-state index contributed by atoms with van der Waals surface area (Å²) in [5, 5.41) is 3.62. The zero-order valence-corrected chi connectivity index (χ0v) is 21.5. The molecule has 5 nitrogen and oxygen atoms in total. The Kier molecular flexibility index (Phi) is 6.80. The summed E-state index contributed by atoms with van der Waals surface area (Å²) in [6, 6.07) is 17.5. The van der Waals surface area contributed by atoms with Crippen molar-refractivity contribution >= 4 is 77.6 Å². The van der Waals surface area contributed by atoms with Gasteiger partial charge in [0.05, 0.1) is 0 Å². The summed E-state index contributed by atoms with van der Waals surface area (Å²) in [6.07, 6.45) is 0. The lowest BCUT2D eigenvalue weighted by Gasteiger charge is -2.34. The molecule has 1 saturated heterocycles. The standard InChI is InChI=1S/C24H24ClN3O2S2.ClH/c1-16-20-14-18(25)7-9-23(20)31-24(16)32(29,30)26-19-8-6-17-4-3-5-22(21(17)15-19)28-12-10-27(2)11-13-28;/h3-9,14-15,26H,10-13H2,1-2H3;1H. The minimum Gasteiger partial charge on any atom is -0.368 e. The van der Waals surface area contributed by atoms with Crippen molar-refractivity contribution in [2.45, 2.75) is 11.1 Å². The number of piperazine rings is 1. The third-order valence-corrected chi connectivity index (χ3v) is 9.56. The van der Waals surface area contributed by atoms with Crippen molar-refractivity contribution in [3.63, 3.8) is 0 Å². The van der Waals surface area contributed by atoms with Gasteiger partial charge in [0.1, 0.15) is 4.21 Å². The van der Waals surface area contributed by atoms with E-state index in [-0.39, 0.29) is 12.4 Å². The van der Waals surface area contributed by atoms with E-state index in [1.807, 2.05) is 37.3 Å². The van der Waals surface area contributed by atoms with E-state index >= 15 is 0 Å². The monoisotopic (exact) mass is 521 g/mol. The number of benzene rings is 3. The molecule has 4 aromatic rings. The van der Waals surface area contributed by atoms with Gasteiger partial charge < -0.3 is 9.80 Å². The maximum Gasteiger partial charge on any atom is 0.271 e. The van der Waals surface area contributed by atoms with Gasteiger partial charge in [-0.15, -0.1) is 23.7 Å². The molecule has 0 aliphatic carbocycles. The summed E-state index contributed by atoms with van der Waals surface area (Å²) >= 11 is 7.39. The van der Waals surface area contributed by atoms with Crippen LogP contribution in [-0.2, 0) is 10.0 Å². The molecule has 2 heterocycles. The van der Waals surface area contributed by atoms with E-state index < -0.39 is 10.0 Å². The number of hydrogen-bond acceptors (Lipinski definition) is 5. The zero-order valence-electron chi connectivity index (χ0n) is 18.3. The molecule has 1 aliphatic heterocycles. The van der Waals surface area contributed by atoms with Gasteiger partial charge in [-0.05, 0) is 66.7 Å². The van der Waals surface area contributed by atoms with Crippen LogP contribution in [0, 0.1) is 6.92 Å². The fourth-order valence-electron chi connectivity index (χ4n) is 4.27. The van der Waals surface area contributed by atoms with E-state index in [9.17, 15) is 8.42 Å². The molecule has 174 valence electrons. The zero-order chi connectivity index (χ0) is 22.5. The summed E-state index contributed by atoms with van der Waals surface area (Å²) in [4.78, 5) is 4.70. The number of rotatable bonds is 4. The highest BCUT2D eigenvalue weighted by Crippen LogP contribution is 2.37. The van der Waals surface area contributed by atoms with Crippen molar-refractivity contribution in [2.24, 2.45) is 0 Å². The van der Waals surface area contributed by atoms with E-state index in [0.29, 0.717) is 14.9 Å². The number of halogens is 2. The van der Waals surface area contributed by atoms with Crippen LogP contribution in [0.25, 0.3) is 20.9 Å². The second-order valence-electron chi connectivity index (χ2n) is 8.26. The van der Waals surface area contributed by atoms with Crippen LogP contribution >= 0.6 is 35.3 Å². The van der Waals surface area contributed by atoms with Gasteiger partial charge in [-0.25, -0.2) is 8.42 Å². The van der Waals surface area contributed by atoms with Crippen LogP contribution < -0.4 is 9.62 Å². The van der Waals surface area contributed by atoms with Crippen molar-refractivity contribution in [1.82, 2.24) is 4.90 Å². The van der Waals surface area contributed by atoms with Crippen LogP contribution in [0.2, 0.25) is 5.02 Å². The van der Waals surface area contributed by atoms with Crippen LogP contribution in [0.4, 0.5) is 11.4 Å². The molecule has 0 spiro atoms. The molecule has 3 aromatic carbocycles. The summed E-state index contributed by atoms with van der Waals surface area (Å²) in [5.74, 6) is 0. The van der Waals surface area contributed by atoms with Crippen molar-refractivity contribution in [1.29, 1.82) is 0 Å². The summed E-state index contributed by atoms with van der Waals surface area (Å²) < 4.78 is 30.6. The predicted molar refractivity (Wildman–Crippen MR) is 143 cm³/mol. The third-order valence-electron chi connectivity index (χ3n) is 6.05. The molecule has 5 rings (SSSR count). The lowest BCUT2D eigenvalue weighted by Crippen LogP contribution is -2.44. The Morgan fingerprint density at radius 3 is 2.48 bits per heavy atom. The van der Waals surface area contributed by atoms with E-state index in [4.69, 9.17) is 11.6 Å². The SMILES string of the molecule is Cc1c(S(=O)(=O)Nc2ccc3cccc(N4CCN(C)CC4)c3c2)sc2ccc(Cl)cc12.Cl. The second kappa shape index (κ2) is 9.31. The Hall–Kier alpha value is -2.03. The third kappa shape index (κ3) is 4.66. The molecule has 0 amide bonds. The minimum absolute atomic E-state index is 0. The van der Waals surface area contributed by atoms with Crippen molar-refractivity contribution in [2.75, 3.05) is 42.8 Å². The molecule has 0 saturated carbocycles. The van der Waals surface area contributed by atoms with Crippen LogP contribution in [0.15, 0.2) is 58.8 Å². The highest BCUT2D eigenvalue weighted by molar-refractivity contribution is 7.94. The molecule has 1 aromatic heterocycles. The number of hydrogen-bond donors (Lipinski definition) is 1. The number of sulfonamides is 1. The van der Waals surface area contributed by atoms with Gasteiger partial charge in [0.25, 0.3) is 10.0 Å². The van der Waals surface area contributed by atoms with Gasteiger partial charge in [0.15, 0.2) is 0 Å². The topological polar surface area (TPSA) is 52.7 Å². The summed E-state index contributed by atoms with van der Waals surface area (Å²) in [7, 11) is -1.59. The first kappa shape index (κ1) is 24.1. The van der Waals surface area contributed by atoms with E-state index in [2.05, 4.69) is 39.8 Å². The quantitative estimate of drug-likeness (QED) is 0.358. The number of fused-ring (bicyclic) bond motifs is 2. The first-order valence-corrected chi connectivity index (χ1v) is 13.2. The first-order chi connectivity index (χ1) is 15.3. The Morgan fingerprint density at radius 2 is 1.73 bits per heavy atom. The average molecular weight is 523 g/mol. The molecule has 1 fully saturated rings. The van der Waals surface area contributed by atoms with Gasteiger partial charge in [-0.1, -0.05) is 29.8 Å². The molecule has 33 heavy (non-hydrogen) atoms. The largest absolute Gasteiger partial charge is 0.368 e. The van der Waals surface area contributed by atoms with Gasteiger partial charge >= 0.3 is 0 Å². The lowest BCUT2D eigenvalue weighted by atomic mass is 10.1. The van der Waals surface area contributed by atoms with Crippen LogP contribution in [0.5, 0.6) is 0 Å². The fourth-order valence-corrected chi connectivity index (χ4v) is 7.24. The van der Waals surface area contributed by atoms with Crippen molar-refractivity contribution in [3.05, 3.63) is 65.2 Å². The highest BCUT2D eigenvalue weighted by Gasteiger charge is 2.23. The van der Waals surface area contributed by atoms with Crippen LogP contribution in [0.1, 0.15) is 5.56 Å². The molecule has 0 radical (unpaired) electrons. The fraction of sp³-hybridized carbons (Fsp3) is 0.250. The lowest BCUT2D eigenvalue weighted by molar-refractivity contribution is 0.313. The summed E-state index contributed by atoms with van der Waals surface area (Å²) in [5.41, 5.74) is 2.43. The predicted octanol–water partition coefficient (Wildman–Crippen LogP) is 5.99. The Bertz CT molecular complexity index is 1430. The Balaban J connectivity index is 0.00000259. The van der Waals surface area contributed by atoms with Crippen molar-refractivity contribution < 1.29 is 8.42 Å². The molecule has 1 aliphatic rings. The molecular weight excluding hydrogens is 497 g/mol. The number of aryl methyl sites for hydroxylation is 1. The number of nitrogens with zero attached hydrogens (tertiary/aromatic N) is 2. The molecule has 1 N–H and O–H groups in total. The summed E-state index contributed by atoms with van der Waals surface area (Å²) in [6.45, 7) is 5.76. The number of anilines is 2. The average Bonchev–Trinajstić information content (AvgIpc) is 3.10. The van der Waals surface area contributed by atoms with Crippen LogP contribution in [-0.4, -0.2) is 46.5 Å². The number of thiophene rings is 1. The van der Waals surface area contributed by atoms with E-state index in [0.717, 1.165) is 58.3 Å². The van der Waals surface area contributed by atoms with Crippen LogP contribution in [0.3, 0.4) is 0 Å². The number of nitrogens with one attached hydrogen (secondary N) is 1. The normalized spacial score (nSPS) is 15.1. The molecule has 0 bridgehead atoms. The minimum atomic E-state index is -3.73. The van der Waals surface area contributed by atoms with Gasteiger partial charge in [-0.2, -0.15) is 0 Å². The maximum absolute atomic E-state index is 13.3. The van der Waals surface area contributed by atoms with Gasteiger partial charge in [0, 0.05) is 52.7 Å². The Morgan fingerprint density at radius 1 is 0.970 bits per heavy atom.